The average molecular weight is 125 g/mol. The van der Waals surface area contributed by atoms with Crippen molar-refractivity contribution in [1.82, 2.24) is 0 Å². The lowest BCUT2D eigenvalue weighted by molar-refractivity contribution is 0.412. The largest absolute Gasteiger partial charge is 0.0596 e. The third-order valence-corrected chi connectivity index (χ3v) is 2.27. The highest BCUT2D eigenvalue weighted by Gasteiger charge is 2.27. The van der Waals surface area contributed by atoms with Crippen LogP contribution in [0.15, 0.2) is 0 Å². The van der Waals surface area contributed by atoms with Gasteiger partial charge in [-0.15, -0.1) is 0 Å². The Bertz CT molecular complexity index is 80.7. The first-order chi connectivity index (χ1) is 4.11. The van der Waals surface area contributed by atoms with Crippen molar-refractivity contribution in [2.24, 2.45) is 5.41 Å². The number of rotatable bonds is 0. The van der Waals surface area contributed by atoms with Gasteiger partial charge in [0.2, 0.25) is 0 Å². The van der Waals surface area contributed by atoms with E-state index in [1.54, 1.807) is 5.92 Å². The van der Waals surface area contributed by atoms with Gasteiger partial charge in [0.25, 0.3) is 0 Å². The van der Waals surface area contributed by atoms with E-state index in [1.165, 1.54) is 25.7 Å². The fourth-order valence-electron chi connectivity index (χ4n) is 1.55. The Balaban J connectivity index is 2.42. The zero-order valence-electron chi connectivity index (χ0n) is 6.83. The second kappa shape index (κ2) is 2.32. The first-order valence-electron chi connectivity index (χ1n) is 3.96. The van der Waals surface area contributed by atoms with Gasteiger partial charge in [-0.1, -0.05) is 33.6 Å². The van der Waals surface area contributed by atoms with Crippen molar-refractivity contribution in [3.05, 3.63) is 5.92 Å². The molecule has 1 radical (unpaired) electrons. The lowest BCUT2D eigenvalue weighted by atomic mass is 9.80. The predicted octanol–water partition coefficient (Wildman–Crippen LogP) is 3.18. The quantitative estimate of drug-likeness (QED) is 0.466. The van der Waals surface area contributed by atoms with Gasteiger partial charge in [0.05, 0.1) is 0 Å². The van der Waals surface area contributed by atoms with Gasteiger partial charge in [0.15, 0.2) is 0 Å². The molecule has 0 nitrogen and oxygen atoms in total. The fourth-order valence-corrected chi connectivity index (χ4v) is 1.55. The molecule has 1 rings (SSSR count). The van der Waals surface area contributed by atoms with Crippen molar-refractivity contribution >= 4 is 0 Å². The van der Waals surface area contributed by atoms with Gasteiger partial charge in [0.1, 0.15) is 0 Å². The van der Waals surface area contributed by atoms with Gasteiger partial charge in [-0.3, -0.25) is 0 Å². The van der Waals surface area contributed by atoms with Crippen LogP contribution in [-0.2, 0) is 0 Å². The van der Waals surface area contributed by atoms with Crippen molar-refractivity contribution in [2.75, 3.05) is 0 Å². The Morgan fingerprint density at radius 1 is 1.00 bits per heavy atom. The molecule has 0 amide bonds. The molecule has 1 fully saturated rings. The molecule has 0 heteroatoms. The van der Waals surface area contributed by atoms with Crippen LogP contribution in [0.4, 0.5) is 0 Å². The summed E-state index contributed by atoms with van der Waals surface area (Å²) >= 11 is 0. The standard InChI is InChI=1S/C9H17/c1-9(2,3)8-6-4-5-7-8/h4-7H2,1-3H3. The molecule has 53 valence electrons. The van der Waals surface area contributed by atoms with Gasteiger partial charge < -0.3 is 0 Å². The molecule has 0 atom stereocenters. The van der Waals surface area contributed by atoms with Crippen molar-refractivity contribution in [3.63, 3.8) is 0 Å². The lowest BCUT2D eigenvalue weighted by Crippen LogP contribution is -2.14. The summed E-state index contributed by atoms with van der Waals surface area (Å²) in [6.07, 6.45) is 5.66. The van der Waals surface area contributed by atoms with E-state index >= 15 is 0 Å². The van der Waals surface area contributed by atoms with Crippen molar-refractivity contribution in [3.8, 4) is 0 Å². The summed E-state index contributed by atoms with van der Waals surface area (Å²) in [5, 5.41) is 0. The van der Waals surface area contributed by atoms with Crippen LogP contribution in [0.3, 0.4) is 0 Å². The van der Waals surface area contributed by atoms with E-state index in [2.05, 4.69) is 20.8 Å². The molecule has 0 aromatic heterocycles. The Morgan fingerprint density at radius 2 is 1.44 bits per heavy atom. The molecule has 1 aliphatic carbocycles. The second-order valence-electron chi connectivity index (χ2n) is 4.06. The second-order valence-corrected chi connectivity index (χ2v) is 4.06. The third-order valence-electron chi connectivity index (χ3n) is 2.27. The Morgan fingerprint density at radius 3 is 1.67 bits per heavy atom. The highest BCUT2D eigenvalue weighted by Crippen LogP contribution is 2.40. The van der Waals surface area contributed by atoms with Crippen LogP contribution >= 0.6 is 0 Å². The summed E-state index contributed by atoms with van der Waals surface area (Å²) in [6, 6.07) is 0. The maximum absolute atomic E-state index is 2.33. The summed E-state index contributed by atoms with van der Waals surface area (Å²) in [4.78, 5) is 0. The van der Waals surface area contributed by atoms with Gasteiger partial charge in [-0.05, 0) is 24.2 Å². The average Bonchev–Trinajstić information content (AvgIpc) is 2.08. The smallest absolute Gasteiger partial charge is 0.0187 e. The third kappa shape index (κ3) is 1.70. The molecule has 0 heterocycles. The first kappa shape index (κ1) is 7.11. The molecule has 0 saturated heterocycles. The van der Waals surface area contributed by atoms with Gasteiger partial charge in [-0.25, -0.2) is 0 Å². The van der Waals surface area contributed by atoms with Crippen molar-refractivity contribution < 1.29 is 0 Å². The molecule has 0 aromatic carbocycles. The van der Waals surface area contributed by atoms with E-state index in [9.17, 15) is 0 Å². The van der Waals surface area contributed by atoms with Crippen LogP contribution in [0, 0.1) is 11.3 Å². The molecular weight excluding hydrogens is 108 g/mol. The zero-order valence-corrected chi connectivity index (χ0v) is 6.83. The number of hydrogen-bond acceptors (Lipinski definition) is 0. The highest BCUT2D eigenvalue weighted by molar-refractivity contribution is 5.03. The summed E-state index contributed by atoms with van der Waals surface area (Å²) < 4.78 is 0. The monoisotopic (exact) mass is 125 g/mol. The molecule has 0 aromatic rings. The molecular formula is C9H17. The summed E-state index contributed by atoms with van der Waals surface area (Å²) in [5.41, 5.74) is 0.497. The van der Waals surface area contributed by atoms with E-state index in [4.69, 9.17) is 0 Å². The Hall–Kier alpha value is 0. The molecule has 0 aliphatic heterocycles. The molecule has 1 aliphatic rings. The van der Waals surface area contributed by atoms with Gasteiger partial charge in [-0.2, -0.15) is 0 Å². The minimum absolute atomic E-state index is 0.497. The lowest BCUT2D eigenvalue weighted by Gasteiger charge is -2.25. The van der Waals surface area contributed by atoms with Crippen LogP contribution in [0.1, 0.15) is 46.5 Å². The highest BCUT2D eigenvalue weighted by atomic mass is 14.3. The molecule has 0 N–H and O–H groups in total. The van der Waals surface area contributed by atoms with Crippen molar-refractivity contribution in [2.45, 2.75) is 46.5 Å². The van der Waals surface area contributed by atoms with E-state index in [1.807, 2.05) is 0 Å². The van der Waals surface area contributed by atoms with Gasteiger partial charge in [0, 0.05) is 0 Å². The normalized spacial score (nSPS) is 23.0. The summed E-state index contributed by atoms with van der Waals surface area (Å²) in [6.45, 7) is 6.98. The minimum atomic E-state index is 0.497. The SMILES string of the molecule is CC(C)(C)[C]1CCCC1. The molecule has 0 bridgehead atoms. The summed E-state index contributed by atoms with van der Waals surface area (Å²) in [5.74, 6) is 1.78. The topological polar surface area (TPSA) is 0 Å². The van der Waals surface area contributed by atoms with E-state index in [-0.39, 0.29) is 0 Å². The molecule has 1 saturated carbocycles. The van der Waals surface area contributed by atoms with E-state index in [0.717, 1.165) is 0 Å². The molecule has 0 unspecified atom stereocenters. The molecule has 0 spiro atoms. The van der Waals surface area contributed by atoms with E-state index in [0.29, 0.717) is 5.41 Å². The van der Waals surface area contributed by atoms with Crippen LogP contribution in [0.2, 0.25) is 0 Å². The number of hydrogen-bond donors (Lipinski definition) is 0. The molecule has 9 heavy (non-hydrogen) atoms. The predicted molar refractivity (Wildman–Crippen MR) is 41.2 cm³/mol. The fraction of sp³-hybridized carbons (Fsp3) is 0.889. The zero-order chi connectivity index (χ0) is 6.91. The Labute approximate surface area is 58.7 Å². The maximum atomic E-state index is 2.33. The van der Waals surface area contributed by atoms with Gasteiger partial charge >= 0.3 is 0 Å². The minimum Gasteiger partial charge on any atom is -0.0596 e. The summed E-state index contributed by atoms with van der Waals surface area (Å²) in [7, 11) is 0. The van der Waals surface area contributed by atoms with Crippen molar-refractivity contribution in [1.29, 1.82) is 0 Å². The van der Waals surface area contributed by atoms with Crippen LogP contribution in [-0.4, -0.2) is 0 Å². The first-order valence-corrected chi connectivity index (χ1v) is 3.96. The van der Waals surface area contributed by atoms with Crippen LogP contribution in [0.25, 0.3) is 0 Å². The maximum Gasteiger partial charge on any atom is -0.0187 e. The van der Waals surface area contributed by atoms with Crippen LogP contribution < -0.4 is 0 Å². The van der Waals surface area contributed by atoms with Crippen LogP contribution in [0.5, 0.6) is 0 Å². The van der Waals surface area contributed by atoms with E-state index < -0.39 is 0 Å². The Kier molecular flexibility index (Phi) is 1.83.